The number of rotatable bonds is 4. The highest BCUT2D eigenvalue weighted by molar-refractivity contribution is 7.91. The van der Waals surface area contributed by atoms with E-state index in [2.05, 4.69) is 10.1 Å². The summed E-state index contributed by atoms with van der Waals surface area (Å²) in [6, 6.07) is -0.00422. The van der Waals surface area contributed by atoms with Crippen molar-refractivity contribution in [3.05, 3.63) is 11.6 Å². The van der Waals surface area contributed by atoms with Crippen LogP contribution in [0.1, 0.15) is 19.8 Å². The van der Waals surface area contributed by atoms with E-state index in [4.69, 9.17) is 0 Å². The fraction of sp³-hybridized carbons (Fsp3) is 0.727. The minimum absolute atomic E-state index is 0.00422. The van der Waals surface area contributed by atoms with Gasteiger partial charge in [-0.3, -0.25) is 0 Å². The quantitative estimate of drug-likeness (QED) is 0.581. The molecule has 1 N–H and O–H groups in total. The summed E-state index contributed by atoms with van der Waals surface area (Å²) in [4.78, 5) is 11.1. The molecule has 1 heterocycles. The zero-order valence-electron chi connectivity index (χ0n) is 10.2. The van der Waals surface area contributed by atoms with Gasteiger partial charge >= 0.3 is 5.97 Å². The Labute approximate surface area is 102 Å². The zero-order valence-corrected chi connectivity index (χ0v) is 11.0. The highest BCUT2D eigenvalue weighted by Crippen LogP contribution is 2.11. The van der Waals surface area contributed by atoms with Gasteiger partial charge in [-0.2, -0.15) is 0 Å². The van der Waals surface area contributed by atoms with Crippen molar-refractivity contribution in [3.63, 3.8) is 0 Å². The number of esters is 1. The van der Waals surface area contributed by atoms with Crippen LogP contribution in [0, 0.1) is 0 Å². The fourth-order valence-corrected chi connectivity index (χ4v) is 3.48. The molecule has 0 amide bonds. The van der Waals surface area contributed by atoms with Crippen LogP contribution in [0.15, 0.2) is 11.6 Å². The molecule has 98 valence electrons. The molecular weight excluding hydrogens is 242 g/mol. The minimum atomic E-state index is -2.88. The average Bonchev–Trinajstić information content (AvgIpc) is 2.26. The van der Waals surface area contributed by atoms with Crippen LogP contribution >= 0.6 is 0 Å². The molecular formula is C11H19NO4S. The fourth-order valence-electron chi connectivity index (χ4n) is 1.81. The van der Waals surface area contributed by atoms with Gasteiger partial charge in [0.25, 0.3) is 0 Å². The van der Waals surface area contributed by atoms with Crippen LogP contribution in [-0.4, -0.2) is 45.6 Å². The van der Waals surface area contributed by atoms with Gasteiger partial charge in [0.05, 0.1) is 18.6 Å². The number of ether oxygens (including phenoxy) is 1. The summed E-state index contributed by atoms with van der Waals surface area (Å²) in [6.45, 7) is 2.16. The third-order valence-corrected chi connectivity index (χ3v) is 4.61. The van der Waals surface area contributed by atoms with E-state index in [-0.39, 0.29) is 17.8 Å². The number of sulfone groups is 1. The Morgan fingerprint density at radius 1 is 1.53 bits per heavy atom. The topological polar surface area (TPSA) is 72.5 Å². The Balaban J connectivity index is 2.39. The maximum atomic E-state index is 11.4. The van der Waals surface area contributed by atoms with E-state index >= 15 is 0 Å². The SMILES string of the molecule is COC(=O)C(C)=CCNC1CCCS(=O)(=O)C1. The van der Waals surface area contributed by atoms with Crippen molar-refractivity contribution in [3.8, 4) is 0 Å². The zero-order chi connectivity index (χ0) is 12.9. The predicted octanol–water partition coefficient (Wildman–Crippen LogP) is 0.272. The van der Waals surface area contributed by atoms with E-state index in [0.29, 0.717) is 24.3 Å². The van der Waals surface area contributed by atoms with E-state index in [1.54, 1.807) is 13.0 Å². The van der Waals surface area contributed by atoms with E-state index in [9.17, 15) is 13.2 Å². The van der Waals surface area contributed by atoms with Crippen LogP contribution in [0.2, 0.25) is 0 Å². The van der Waals surface area contributed by atoms with Crippen molar-refractivity contribution < 1.29 is 17.9 Å². The second-order valence-electron chi connectivity index (χ2n) is 4.24. The largest absolute Gasteiger partial charge is 0.466 e. The maximum absolute atomic E-state index is 11.4. The van der Waals surface area contributed by atoms with Crippen molar-refractivity contribution in [2.45, 2.75) is 25.8 Å². The molecule has 17 heavy (non-hydrogen) atoms. The molecule has 0 aliphatic carbocycles. The van der Waals surface area contributed by atoms with Gasteiger partial charge in [-0.05, 0) is 19.8 Å². The summed E-state index contributed by atoms with van der Waals surface area (Å²) in [5, 5.41) is 3.12. The molecule has 0 saturated carbocycles. The first kappa shape index (κ1) is 14.2. The van der Waals surface area contributed by atoms with Gasteiger partial charge in [0.15, 0.2) is 9.84 Å². The van der Waals surface area contributed by atoms with Crippen LogP contribution in [0.5, 0.6) is 0 Å². The third kappa shape index (κ3) is 4.87. The lowest BCUT2D eigenvalue weighted by molar-refractivity contribution is -0.136. The number of hydrogen-bond acceptors (Lipinski definition) is 5. The molecule has 0 aromatic carbocycles. The molecule has 1 saturated heterocycles. The Bertz CT molecular complexity index is 400. The lowest BCUT2D eigenvalue weighted by Gasteiger charge is -2.22. The lowest BCUT2D eigenvalue weighted by atomic mass is 10.2. The van der Waals surface area contributed by atoms with Gasteiger partial charge in [0.1, 0.15) is 0 Å². The van der Waals surface area contributed by atoms with Crippen LogP contribution < -0.4 is 5.32 Å². The van der Waals surface area contributed by atoms with Crippen molar-refractivity contribution in [2.75, 3.05) is 25.2 Å². The molecule has 1 aliphatic heterocycles. The van der Waals surface area contributed by atoms with Crippen LogP contribution in [-0.2, 0) is 19.4 Å². The number of carbonyl (C=O) groups is 1. The van der Waals surface area contributed by atoms with E-state index in [1.165, 1.54) is 7.11 Å². The summed E-state index contributed by atoms with van der Waals surface area (Å²) in [5.41, 5.74) is 0.527. The summed E-state index contributed by atoms with van der Waals surface area (Å²) in [6.07, 6.45) is 3.29. The summed E-state index contributed by atoms with van der Waals surface area (Å²) in [5.74, 6) is 0.128. The lowest BCUT2D eigenvalue weighted by Crippen LogP contribution is -2.40. The van der Waals surface area contributed by atoms with Gasteiger partial charge in [0, 0.05) is 18.2 Å². The van der Waals surface area contributed by atoms with Gasteiger partial charge in [-0.25, -0.2) is 13.2 Å². The molecule has 0 aromatic heterocycles. The van der Waals surface area contributed by atoms with Crippen LogP contribution in [0.25, 0.3) is 0 Å². The van der Waals surface area contributed by atoms with Crippen molar-refractivity contribution in [1.29, 1.82) is 0 Å². The average molecular weight is 261 g/mol. The maximum Gasteiger partial charge on any atom is 0.333 e. The van der Waals surface area contributed by atoms with E-state index < -0.39 is 9.84 Å². The summed E-state index contributed by atoms with van der Waals surface area (Å²) in [7, 11) is -1.54. The molecule has 1 unspecified atom stereocenters. The Kier molecular flexibility index (Phi) is 5.14. The van der Waals surface area contributed by atoms with Gasteiger partial charge in [-0.15, -0.1) is 0 Å². The first-order chi connectivity index (χ1) is 7.94. The molecule has 0 bridgehead atoms. The van der Waals surface area contributed by atoms with Crippen LogP contribution in [0.3, 0.4) is 0 Å². The van der Waals surface area contributed by atoms with Crippen molar-refractivity contribution in [1.82, 2.24) is 5.32 Å². The first-order valence-corrected chi connectivity index (χ1v) is 7.45. The standard InChI is InChI=1S/C11H19NO4S/c1-9(11(13)16-2)5-6-12-10-4-3-7-17(14,15)8-10/h5,10,12H,3-4,6-8H2,1-2H3. The third-order valence-electron chi connectivity index (χ3n) is 2.79. The number of carbonyl (C=O) groups excluding carboxylic acids is 1. The van der Waals surface area contributed by atoms with Crippen molar-refractivity contribution >= 4 is 15.8 Å². The molecule has 1 rings (SSSR count). The van der Waals surface area contributed by atoms with Gasteiger partial charge < -0.3 is 10.1 Å². The number of nitrogens with one attached hydrogen (secondary N) is 1. The predicted molar refractivity (Wildman–Crippen MR) is 65.5 cm³/mol. The monoisotopic (exact) mass is 261 g/mol. The highest BCUT2D eigenvalue weighted by atomic mass is 32.2. The van der Waals surface area contributed by atoms with Gasteiger partial charge in [0.2, 0.25) is 0 Å². The summed E-state index contributed by atoms with van der Waals surface area (Å²) >= 11 is 0. The summed E-state index contributed by atoms with van der Waals surface area (Å²) < 4.78 is 27.3. The molecule has 5 nitrogen and oxygen atoms in total. The van der Waals surface area contributed by atoms with Crippen LogP contribution in [0.4, 0.5) is 0 Å². The molecule has 0 spiro atoms. The normalized spacial score (nSPS) is 24.4. The molecule has 0 radical (unpaired) electrons. The second kappa shape index (κ2) is 6.16. The molecule has 1 atom stereocenters. The molecule has 1 aliphatic rings. The Hall–Kier alpha value is -0.880. The van der Waals surface area contributed by atoms with E-state index in [0.717, 1.165) is 6.42 Å². The highest BCUT2D eigenvalue weighted by Gasteiger charge is 2.23. The smallest absolute Gasteiger partial charge is 0.333 e. The Morgan fingerprint density at radius 3 is 2.82 bits per heavy atom. The van der Waals surface area contributed by atoms with Crippen molar-refractivity contribution in [2.24, 2.45) is 0 Å². The number of hydrogen-bond donors (Lipinski definition) is 1. The second-order valence-corrected chi connectivity index (χ2v) is 6.47. The van der Waals surface area contributed by atoms with Gasteiger partial charge in [-0.1, -0.05) is 6.08 Å². The van der Waals surface area contributed by atoms with E-state index in [1.807, 2.05) is 0 Å². The first-order valence-electron chi connectivity index (χ1n) is 5.63. The number of methoxy groups -OCH3 is 1. The molecule has 6 heteroatoms. The molecule has 1 fully saturated rings. The molecule has 0 aromatic rings. The Morgan fingerprint density at radius 2 is 2.24 bits per heavy atom. The minimum Gasteiger partial charge on any atom is -0.466 e.